The molecule has 0 unspecified atom stereocenters. The Morgan fingerprint density at radius 1 is 1.35 bits per heavy atom. The largest absolute Gasteiger partial charge is 0.460 e. The second-order valence-corrected chi connectivity index (χ2v) is 5.87. The fraction of sp³-hybridized carbons (Fsp3) is 0.375. The zero-order valence-corrected chi connectivity index (χ0v) is 14.6. The van der Waals surface area contributed by atoms with E-state index in [2.05, 4.69) is 26.6 Å². The van der Waals surface area contributed by atoms with Crippen molar-refractivity contribution < 1.29 is 19.1 Å². The minimum atomic E-state index is -0.555. The summed E-state index contributed by atoms with van der Waals surface area (Å²) in [6, 6.07) is 6.53. The summed E-state index contributed by atoms with van der Waals surface area (Å²) < 4.78 is 11.3. The molecule has 1 aliphatic rings. The summed E-state index contributed by atoms with van der Waals surface area (Å²) in [5.41, 5.74) is 1.67. The maximum absolute atomic E-state index is 12.4. The van der Waals surface area contributed by atoms with Gasteiger partial charge in [0.05, 0.1) is 18.2 Å². The zero-order valence-electron chi connectivity index (χ0n) is 13.0. The number of amides is 2. The molecule has 0 radical (unpaired) electrons. The molecule has 2 N–H and O–H groups in total. The predicted molar refractivity (Wildman–Crippen MR) is 88.7 cm³/mol. The van der Waals surface area contributed by atoms with Crippen LogP contribution in [0.4, 0.5) is 4.79 Å². The van der Waals surface area contributed by atoms with E-state index in [9.17, 15) is 9.59 Å². The number of carbonyl (C=O) groups excluding carboxylic acids is 2. The van der Waals surface area contributed by atoms with Gasteiger partial charge in [0.1, 0.15) is 6.61 Å². The number of hydrogen-bond acceptors (Lipinski definition) is 4. The zero-order chi connectivity index (χ0) is 16.8. The van der Waals surface area contributed by atoms with Crippen LogP contribution >= 0.6 is 15.9 Å². The highest BCUT2D eigenvalue weighted by Crippen LogP contribution is 2.29. The number of esters is 1. The minimum absolute atomic E-state index is 0.169. The second kappa shape index (κ2) is 8.12. The van der Waals surface area contributed by atoms with E-state index in [1.807, 2.05) is 31.2 Å². The average molecular weight is 383 g/mol. The summed E-state index contributed by atoms with van der Waals surface area (Å²) in [5, 5.41) is 5.37. The number of urea groups is 1. The third-order valence-electron chi connectivity index (χ3n) is 3.34. The molecule has 1 heterocycles. The van der Waals surface area contributed by atoms with Crippen LogP contribution in [0.15, 0.2) is 40.0 Å². The molecule has 0 spiro atoms. The molecule has 7 heteroatoms. The van der Waals surface area contributed by atoms with Gasteiger partial charge >= 0.3 is 12.0 Å². The summed E-state index contributed by atoms with van der Waals surface area (Å²) in [6.07, 6.45) is 0. The molecule has 0 saturated carbocycles. The molecule has 0 aromatic heterocycles. The molecule has 0 saturated heterocycles. The van der Waals surface area contributed by atoms with Gasteiger partial charge in [-0.2, -0.15) is 0 Å². The van der Waals surface area contributed by atoms with E-state index in [0.717, 1.165) is 10.0 Å². The van der Waals surface area contributed by atoms with Crippen molar-refractivity contribution >= 4 is 27.9 Å². The highest BCUT2D eigenvalue weighted by molar-refractivity contribution is 9.10. The van der Waals surface area contributed by atoms with Crippen molar-refractivity contribution in [2.45, 2.75) is 19.9 Å². The first-order chi connectivity index (χ1) is 11.0. The fourth-order valence-electron chi connectivity index (χ4n) is 2.32. The number of nitrogens with one attached hydrogen (secondary N) is 2. The standard InChI is InChI=1S/C16H19BrN2O4/c1-3-22-7-8-23-15(20)13-10(2)18-16(21)19-14(13)11-5-4-6-12(17)9-11/h4-6,9,14H,3,7-8H2,1-2H3,(H2,18,19,21)/t14-/m0/s1. The first-order valence-corrected chi connectivity index (χ1v) is 8.10. The van der Waals surface area contributed by atoms with E-state index in [0.29, 0.717) is 24.5 Å². The van der Waals surface area contributed by atoms with E-state index in [-0.39, 0.29) is 12.6 Å². The number of rotatable bonds is 6. The molecule has 0 fully saturated rings. The Balaban J connectivity index is 2.22. The normalized spacial score (nSPS) is 17.5. The van der Waals surface area contributed by atoms with Crippen LogP contribution in [0, 0.1) is 0 Å². The molecule has 2 rings (SSSR count). The third kappa shape index (κ3) is 4.56. The lowest BCUT2D eigenvalue weighted by Crippen LogP contribution is -2.45. The van der Waals surface area contributed by atoms with Gasteiger partial charge < -0.3 is 20.1 Å². The average Bonchev–Trinajstić information content (AvgIpc) is 2.50. The van der Waals surface area contributed by atoms with Crippen LogP contribution in [0.1, 0.15) is 25.5 Å². The smallest absolute Gasteiger partial charge is 0.338 e. The highest BCUT2D eigenvalue weighted by Gasteiger charge is 2.32. The Labute approximate surface area is 143 Å². The Kier molecular flexibility index (Phi) is 6.18. The van der Waals surface area contributed by atoms with Gasteiger partial charge in [-0.15, -0.1) is 0 Å². The minimum Gasteiger partial charge on any atom is -0.460 e. The van der Waals surface area contributed by atoms with Crippen LogP contribution in [-0.4, -0.2) is 31.8 Å². The molecule has 124 valence electrons. The van der Waals surface area contributed by atoms with E-state index in [4.69, 9.17) is 9.47 Å². The third-order valence-corrected chi connectivity index (χ3v) is 3.83. The molecule has 6 nitrogen and oxygen atoms in total. The monoisotopic (exact) mass is 382 g/mol. The molecular weight excluding hydrogens is 364 g/mol. The van der Waals surface area contributed by atoms with Gasteiger partial charge in [-0.25, -0.2) is 9.59 Å². The lowest BCUT2D eigenvalue weighted by molar-refractivity contribution is -0.141. The lowest BCUT2D eigenvalue weighted by atomic mass is 9.96. The highest BCUT2D eigenvalue weighted by atomic mass is 79.9. The van der Waals surface area contributed by atoms with Gasteiger partial charge in [0.25, 0.3) is 0 Å². The Bertz CT molecular complexity index is 630. The van der Waals surface area contributed by atoms with Crippen molar-refractivity contribution in [2.24, 2.45) is 0 Å². The van der Waals surface area contributed by atoms with Gasteiger partial charge in [-0.3, -0.25) is 0 Å². The summed E-state index contributed by atoms with van der Waals surface area (Å²) >= 11 is 3.40. The lowest BCUT2D eigenvalue weighted by Gasteiger charge is -2.28. The van der Waals surface area contributed by atoms with Gasteiger partial charge in [0.2, 0.25) is 0 Å². The van der Waals surface area contributed by atoms with Crippen molar-refractivity contribution in [3.63, 3.8) is 0 Å². The molecule has 1 aromatic carbocycles. The first-order valence-electron chi connectivity index (χ1n) is 7.31. The van der Waals surface area contributed by atoms with Crippen LogP contribution < -0.4 is 10.6 Å². The van der Waals surface area contributed by atoms with Crippen LogP contribution in [0.25, 0.3) is 0 Å². The van der Waals surface area contributed by atoms with Gasteiger partial charge in [0.15, 0.2) is 0 Å². The number of halogens is 1. The molecule has 2 amide bonds. The quantitative estimate of drug-likeness (QED) is 0.585. The first kappa shape index (κ1) is 17.5. The van der Waals surface area contributed by atoms with Crippen molar-refractivity contribution in [3.05, 3.63) is 45.6 Å². The van der Waals surface area contributed by atoms with E-state index >= 15 is 0 Å². The molecule has 1 aromatic rings. The Morgan fingerprint density at radius 2 is 2.13 bits per heavy atom. The molecule has 1 aliphatic heterocycles. The number of hydrogen-bond donors (Lipinski definition) is 2. The van der Waals surface area contributed by atoms with E-state index in [1.54, 1.807) is 6.92 Å². The summed E-state index contributed by atoms with van der Waals surface area (Å²) in [6.45, 7) is 4.64. The summed E-state index contributed by atoms with van der Waals surface area (Å²) in [5.74, 6) is -0.473. The SMILES string of the molecule is CCOCCOC(=O)C1=C(C)NC(=O)N[C@H]1c1cccc(Br)c1. The fourth-order valence-corrected chi connectivity index (χ4v) is 2.73. The molecule has 0 aliphatic carbocycles. The number of allylic oxidation sites excluding steroid dienone is 1. The summed E-state index contributed by atoms with van der Waals surface area (Å²) in [7, 11) is 0. The topological polar surface area (TPSA) is 76.7 Å². The van der Waals surface area contributed by atoms with Crippen molar-refractivity contribution in [2.75, 3.05) is 19.8 Å². The van der Waals surface area contributed by atoms with Crippen LogP contribution in [0.2, 0.25) is 0 Å². The van der Waals surface area contributed by atoms with Gasteiger partial charge in [0, 0.05) is 16.8 Å². The molecular formula is C16H19BrN2O4. The number of ether oxygens (including phenoxy) is 2. The number of benzene rings is 1. The second-order valence-electron chi connectivity index (χ2n) is 4.96. The Hall–Kier alpha value is -1.86. The van der Waals surface area contributed by atoms with Crippen molar-refractivity contribution in [3.8, 4) is 0 Å². The van der Waals surface area contributed by atoms with Crippen molar-refractivity contribution in [1.82, 2.24) is 10.6 Å². The van der Waals surface area contributed by atoms with Gasteiger partial charge in [-0.1, -0.05) is 28.1 Å². The number of carbonyl (C=O) groups is 2. The van der Waals surface area contributed by atoms with Crippen LogP contribution in [0.5, 0.6) is 0 Å². The maximum Gasteiger partial charge on any atom is 0.338 e. The molecule has 1 atom stereocenters. The molecule has 0 bridgehead atoms. The van der Waals surface area contributed by atoms with E-state index in [1.165, 1.54) is 0 Å². The predicted octanol–water partition coefficient (Wildman–Crippen LogP) is 2.66. The summed E-state index contributed by atoms with van der Waals surface area (Å²) in [4.78, 5) is 24.2. The maximum atomic E-state index is 12.4. The van der Waals surface area contributed by atoms with E-state index < -0.39 is 12.0 Å². The van der Waals surface area contributed by atoms with Gasteiger partial charge in [-0.05, 0) is 31.5 Å². The van der Waals surface area contributed by atoms with Crippen molar-refractivity contribution in [1.29, 1.82) is 0 Å². The molecule has 23 heavy (non-hydrogen) atoms. The Morgan fingerprint density at radius 3 is 2.83 bits per heavy atom. The van der Waals surface area contributed by atoms with Crippen LogP contribution in [0.3, 0.4) is 0 Å². The van der Waals surface area contributed by atoms with Crippen LogP contribution in [-0.2, 0) is 14.3 Å².